The first kappa shape index (κ1) is 19.2. The average Bonchev–Trinajstić information content (AvgIpc) is 3.03. The number of ether oxygens (including phenoxy) is 1. The summed E-state index contributed by atoms with van der Waals surface area (Å²) in [5.41, 5.74) is 0.717. The molecule has 0 bridgehead atoms. The van der Waals surface area contributed by atoms with E-state index in [4.69, 9.17) is 4.74 Å². The summed E-state index contributed by atoms with van der Waals surface area (Å²) in [6.45, 7) is 5.77. The molecule has 3 aromatic heterocycles. The Morgan fingerprint density at radius 3 is 2.75 bits per heavy atom. The van der Waals surface area contributed by atoms with E-state index in [0.717, 1.165) is 11.9 Å². The Morgan fingerprint density at radius 1 is 1.32 bits per heavy atom. The molecular formula is C18H19N5O5. The van der Waals surface area contributed by atoms with Crippen LogP contribution in [-0.4, -0.2) is 36.6 Å². The summed E-state index contributed by atoms with van der Waals surface area (Å²) in [7, 11) is 0. The van der Waals surface area contributed by atoms with Crippen LogP contribution in [0.4, 0.5) is 5.82 Å². The summed E-state index contributed by atoms with van der Waals surface area (Å²) >= 11 is 0. The number of aryl methyl sites for hydroxylation is 3. The van der Waals surface area contributed by atoms with Gasteiger partial charge >= 0.3 is 11.8 Å². The van der Waals surface area contributed by atoms with Gasteiger partial charge in [-0.2, -0.15) is 0 Å². The molecule has 0 radical (unpaired) electrons. The van der Waals surface area contributed by atoms with E-state index in [-0.39, 0.29) is 24.5 Å². The minimum atomic E-state index is -0.782. The van der Waals surface area contributed by atoms with Crippen molar-refractivity contribution in [3.05, 3.63) is 61.9 Å². The minimum absolute atomic E-state index is 0.0597. The van der Waals surface area contributed by atoms with Crippen LogP contribution in [-0.2, 0) is 17.8 Å². The molecule has 3 aromatic rings. The molecule has 0 unspecified atom stereocenters. The molecule has 0 aliphatic heterocycles. The topological polar surface area (TPSA) is 122 Å². The molecule has 0 saturated heterocycles. The van der Waals surface area contributed by atoms with E-state index in [9.17, 15) is 19.7 Å². The average molecular weight is 385 g/mol. The van der Waals surface area contributed by atoms with Gasteiger partial charge in [-0.3, -0.25) is 4.79 Å². The van der Waals surface area contributed by atoms with E-state index in [2.05, 4.69) is 9.97 Å². The van der Waals surface area contributed by atoms with Crippen LogP contribution in [0.5, 0.6) is 0 Å². The Kier molecular flexibility index (Phi) is 5.21. The Morgan fingerprint density at radius 2 is 2.07 bits per heavy atom. The lowest BCUT2D eigenvalue weighted by atomic mass is 10.2. The molecule has 0 aromatic carbocycles. The van der Waals surface area contributed by atoms with Gasteiger partial charge in [0.1, 0.15) is 30.6 Å². The monoisotopic (exact) mass is 385 g/mol. The fraction of sp³-hybridized carbons (Fsp3) is 0.333. The third-order valence-electron chi connectivity index (χ3n) is 4.39. The highest BCUT2D eigenvalue weighted by molar-refractivity contribution is 5.93. The zero-order valence-electron chi connectivity index (χ0n) is 15.7. The maximum Gasteiger partial charge on any atom is 0.343 e. The number of nitro groups is 1. The van der Waals surface area contributed by atoms with E-state index in [1.54, 1.807) is 23.6 Å². The number of pyridine rings is 2. The molecule has 0 fully saturated rings. The summed E-state index contributed by atoms with van der Waals surface area (Å²) in [6.07, 6.45) is 2.58. The second-order valence-corrected chi connectivity index (χ2v) is 6.19. The van der Waals surface area contributed by atoms with Gasteiger partial charge in [0.2, 0.25) is 5.43 Å². The van der Waals surface area contributed by atoms with Crippen molar-refractivity contribution in [3.8, 4) is 0 Å². The number of nitrogens with zero attached hydrogens (tertiary/aromatic N) is 5. The van der Waals surface area contributed by atoms with Gasteiger partial charge in [-0.1, -0.05) is 0 Å². The van der Waals surface area contributed by atoms with Gasteiger partial charge in [0.25, 0.3) is 0 Å². The normalized spacial score (nSPS) is 11.0. The number of hydrogen-bond acceptors (Lipinski definition) is 7. The summed E-state index contributed by atoms with van der Waals surface area (Å²) in [5, 5.41) is 11.3. The number of hydrogen-bond donors (Lipinski definition) is 0. The highest BCUT2D eigenvalue weighted by Gasteiger charge is 2.20. The number of esters is 1. The third-order valence-corrected chi connectivity index (χ3v) is 4.39. The smallest absolute Gasteiger partial charge is 0.343 e. The highest BCUT2D eigenvalue weighted by atomic mass is 16.6. The Labute approximate surface area is 159 Å². The van der Waals surface area contributed by atoms with Crippen LogP contribution in [0.3, 0.4) is 0 Å². The van der Waals surface area contributed by atoms with Crippen LogP contribution in [0.15, 0.2) is 29.3 Å². The van der Waals surface area contributed by atoms with Crippen LogP contribution < -0.4 is 5.43 Å². The number of aromatic nitrogens is 4. The fourth-order valence-electron chi connectivity index (χ4n) is 2.93. The zero-order valence-corrected chi connectivity index (χ0v) is 15.7. The van der Waals surface area contributed by atoms with E-state index in [1.807, 2.05) is 13.8 Å². The second kappa shape index (κ2) is 7.59. The van der Waals surface area contributed by atoms with Crippen LogP contribution >= 0.6 is 0 Å². The van der Waals surface area contributed by atoms with E-state index in [1.165, 1.54) is 10.8 Å². The first-order valence-corrected chi connectivity index (χ1v) is 8.68. The van der Waals surface area contributed by atoms with Gasteiger partial charge in [0.15, 0.2) is 5.82 Å². The van der Waals surface area contributed by atoms with Crippen molar-refractivity contribution in [1.82, 2.24) is 19.1 Å². The Bertz CT molecular complexity index is 1130. The lowest BCUT2D eigenvalue weighted by Gasteiger charge is -2.11. The fourth-order valence-corrected chi connectivity index (χ4v) is 2.93. The molecule has 146 valence electrons. The first-order valence-electron chi connectivity index (χ1n) is 8.68. The van der Waals surface area contributed by atoms with Crippen LogP contribution in [0.25, 0.3) is 11.0 Å². The third kappa shape index (κ3) is 3.48. The maximum absolute atomic E-state index is 12.7. The molecule has 0 amide bonds. The summed E-state index contributed by atoms with van der Waals surface area (Å²) in [4.78, 5) is 43.9. The predicted molar refractivity (Wildman–Crippen MR) is 100 cm³/mol. The highest BCUT2D eigenvalue weighted by Crippen LogP contribution is 2.14. The molecule has 0 N–H and O–H groups in total. The maximum atomic E-state index is 12.7. The molecule has 0 aliphatic rings. The molecular weight excluding hydrogens is 366 g/mol. The molecule has 0 spiro atoms. The zero-order chi connectivity index (χ0) is 20.4. The number of carbonyl (C=O) groups excluding carboxylic acids is 1. The van der Waals surface area contributed by atoms with Crippen LogP contribution in [0.2, 0.25) is 0 Å². The van der Waals surface area contributed by atoms with E-state index in [0.29, 0.717) is 23.4 Å². The lowest BCUT2D eigenvalue weighted by molar-refractivity contribution is -0.392. The van der Waals surface area contributed by atoms with Crippen molar-refractivity contribution in [2.24, 2.45) is 0 Å². The molecule has 0 atom stereocenters. The van der Waals surface area contributed by atoms with Gasteiger partial charge in [0.05, 0.1) is 5.39 Å². The largest absolute Gasteiger partial charge is 0.458 e. The van der Waals surface area contributed by atoms with Crippen molar-refractivity contribution in [3.63, 3.8) is 0 Å². The first-order chi connectivity index (χ1) is 13.3. The molecule has 28 heavy (non-hydrogen) atoms. The van der Waals surface area contributed by atoms with E-state index < -0.39 is 16.3 Å². The quantitative estimate of drug-likeness (QED) is 0.361. The number of rotatable bonds is 6. The predicted octanol–water partition coefficient (Wildman–Crippen LogP) is 1.99. The van der Waals surface area contributed by atoms with Crippen molar-refractivity contribution in [1.29, 1.82) is 0 Å². The number of imidazole rings is 1. The van der Waals surface area contributed by atoms with E-state index >= 15 is 0 Å². The van der Waals surface area contributed by atoms with Gasteiger partial charge in [-0.25, -0.2) is 19.3 Å². The van der Waals surface area contributed by atoms with Crippen molar-refractivity contribution in [2.45, 2.75) is 33.9 Å². The Balaban J connectivity index is 1.84. The van der Waals surface area contributed by atoms with Crippen molar-refractivity contribution in [2.75, 3.05) is 6.61 Å². The molecule has 10 heteroatoms. The number of carbonyl (C=O) groups is 1. The summed E-state index contributed by atoms with van der Waals surface area (Å²) in [5.74, 6) is -0.535. The second-order valence-electron chi connectivity index (χ2n) is 6.19. The van der Waals surface area contributed by atoms with Crippen molar-refractivity contribution < 1.29 is 14.5 Å². The van der Waals surface area contributed by atoms with Gasteiger partial charge in [0, 0.05) is 25.4 Å². The minimum Gasteiger partial charge on any atom is -0.458 e. The molecule has 3 rings (SSSR count). The SMILES string of the molecule is CCn1cc(C(=O)OCCn2c([N+](=O)[O-])cnc2C)c(=O)c2ccc(C)nc21. The van der Waals surface area contributed by atoms with Crippen molar-refractivity contribution >= 4 is 22.8 Å². The molecule has 3 heterocycles. The number of fused-ring (bicyclic) bond motifs is 1. The van der Waals surface area contributed by atoms with Gasteiger partial charge in [-0.05, 0) is 30.9 Å². The summed E-state index contributed by atoms with van der Waals surface area (Å²) in [6, 6.07) is 3.35. The van der Waals surface area contributed by atoms with Gasteiger partial charge in [-0.15, -0.1) is 0 Å². The standard InChI is InChI=1S/C18H19N5O5/c1-4-21-10-14(16(24)13-6-5-11(2)20-17(13)21)18(25)28-8-7-22-12(3)19-9-15(22)23(26)27/h5-6,9-10H,4,7-8H2,1-3H3. The molecule has 10 nitrogen and oxygen atoms in total. The summed E-state index contributed by atoms with van der Waals surface area (Å²) < 4.78 is 8.25. The molecule has 0 aliphatic carbocycles. The van der Waals surface area contributed by atoms with Crippen LogP contribution in [0.1, 0.15) is 28.8 Å². The van der Waals surface area contributed by atoms with Crippen LogP contribution in [0, 0.1) is 24.0 Å². The Hall–Kier alpha value is -3.56. The molecule has 0 saturated carbocycles. The van der Waals surface area contributed by atoms with Gasteiger partial charge < -0.3 is 19.4 Å². The lowest BCUT2D eigenvalue weighted by Crippen LogP contribution is -2.22.